The summed E-state index contributed by atoms with van der Waals surface area (Å²) in [4.78, 5) is 25.0. The molecule has 0 radical (unpaired) electrons. The van der Waals surface area contributed by atoms with Gasteiger partial charge < -0.3 is 4.90 Å². The highest BCUT2D eigenvalue weighted by molar-refractivity contribution is 5.76. The largest absolute Gasteiger partial charge is 0.337 e. The maximum absolute atomic E-state index is 12.5. The lowest BCUT2D eigenvalue weighted by molar-refractivity contribution is -0.386. The van der Waals surface area contributed by atoms with Gasteiger partial charge in [0.15, 0.2) is 0 Å². The number of carbonyl (C=O) groups is 1. The summed E-state index contributed by atoms with van der Waals surface area (Å²) in [6, 6.07) is 0.539. The Balaban J connectivity index is 2.05. The lowest BCUT2D eigenvalue weighted by Gasteiger charge is -2.39. The van der Waals surface area contributed by atoms with Crippen LogP contribution in [0.3, 0.4) is 0 Å². The third kappa shape index (κ3) is 3.13. The maximum Gasteiger partial charge on any atom is 0.312 e. The number of likely N-dealkylation sites (tertiary alicyclic amines) is 1. The number of piperidine rings is 1. The summed E-state index contributed by atoms with van der Waals surface area (Å²) >= 11 is 0. The second-order valence-corrected chi connectivity index (χ2v) is 6.18. The van der Waals surface area contributed by atoms with Gasteiger partial charge in [-0.15, -0.1) is 0 Å². The van der Waals surface area contributed by atoms with Crippen molar-refractivity contribution >= 4 is 11.6 Å². The van der Waals surface area contributed by atoms with Crippen LogP contribution in [0.1, 0.15) is 50.9 Å². The third-order valence-electron chi connectivity index (χ3n) is 4.54. The first-order valence-corrected chi connectivity index (χ1v) is 7.82. The SMILES string of the molecule is Cc1nn(CCC(=O)N2[C@@H](C)CCC[C@@H]2C)c(C)c1[N+](=O)[O-]. The van der Waals surface area contributed by atoms with Gasteiger partial charge in [0.05, 0.1) is 11.5 Å². The van der Waals surface area contributed by atoms with Crippen LogP contribution in [0.4, 0.5) is 5.69 Å². The number of aryl methyl sites for hydroxylation is 2. The fraction of sp³-hybridized carbons (Fsp3) is 0.733. The molecule has 1 aliphatic heterocycles. The normalized spacial score (nSPS) is 21.9. The minimum Gasteiger partial charge on any atom is -0.337 e. The van der Waals surface area contributed by atoms with E-state index >= 15 is 0 Å². The number of carbonyl (C=O) groups excluding carboxylic acids is 1. The van der Waals surface area contributed by atoms with Gasteiger partial charge in [0.1, 0.15) is 11.4 Å². The zero-order valence-corrected chi connectivity index (χ0v) is 13.7. The van der Waals surface area contributed by atoms with Gasteiger partial charge in [-0.25, -0.2) is 0 Å². The standard InChI is InChI=1S/C15H24N4O3/c1-10-6-5-7-11(2)18(10)14(20)8-9-17-13(4)15(19(21)22)12(3)16-17/h10-11H,5-9H2,1-4H3/t10-,11-/m0/s1. The minimum atomic E-state index is -0.412. The molecule has 1 aliphatic rings. The molecule has 7 nitrogen and oxygen atoms in total. The van der Waals surface area contributed by atoms with Crippen molar-refractivity contribution in [2.24, 2.45) is 0 Å². The Bertz CT molecular complexity index is 572. The van der Waals surface area contributed by atoms with E-state index in [1.54, 1.807) is 18.5 Å². The topological polar surface area (TPSA) is 81.3 Å². The molecule has 0 aliphatic carbocycles. The molecule has 122 valence electrons. The van der Waals surface area contributed by atoms with Crippen molar-refractivity contribution in [3.05, 3.63) is 21.5 Å². The van der Waals surface area contributed by atoms with E-state index in [1.807, 2.05) is 4.90 Å². The molecule has 1 aromatic heterocycles. The summed E-state index contributed by atoms with van der Waals surface area (Å²) in [6.07, 6.45) is 3.58. The van der Waals surface area contributed by atoms with Gasteiger partial charge in [-0.1, -0.05) is 0 Å². The molecule has 7 heteroatoms. The van der Waals surface area contributed by atoms with Crippen LogP contribution >= 0.6 is 0 Å². The first-order chi connectivity index (χ1) is 10.3. The Kier molecular flexibility index (Phi) is 4.83. The number of nitro groups is 1. The molecule has 0 saturated carbocycles. The fourth-order valence-electron chi connectivity index (χ4n) is 3.41. The molecule has 2 rings (SSSR count). The van der Waals surface area contributed by atoms with Gasteiger partial charge in [0.25, 0.3) is 0 Å². The molecule has 1 saturated heterocycles. The van der Waals surface area contributed by atoms with E-state index in [4.69, 9.17) is 0 Å². The summed E-state index contributed by atoms with van der Waals surface area (Å²) < 4.78 is 1.57. The van der Waals surface area contributed by atoms with E-state index in [1.165, 1.54) is 0 Å². The van der Waals surface area contributed by atoms with Crippen molar-refractivity contribution in [2.75, 3.05) is 0 Å². The first-order valence-electron chi connectivity index (χ1n) is 7.82. The van der Waals surface area contributed by atoms with Gasteiger partial charge in [0.2, 0.25) is 5.91 Å². The molecular formula is C15H24N4O3. The average Bonchev–Trinajstić information content (AvgIpc) is 2.70. The van der Waals surface area contributed by atoms with Gasteiger partial charge >= 0.3 is 5.69 Å². The quantitative estimate of drug-likeness (QED) is 0.632. The molecule has 0 spiro atoms. The Hall–Kier alpha value is -1.92. The molecule has 2 atom stereocenters. The van der Waals surface area contributed by atoms with Gasteiger partial charge in [-0.3, -0.25) is 19.6 Å². The van der Waals surface area contributed by atoms with Gasteiger partial charge in [-0.2, -0.15) is 5.10 Å². The molecule has 0 N–H and O–H groups in total. The molecule has 1 aromatic rings. The number of amides is 1. The first kappa shape index (κ1) is 16.5. The smallest absolute Gasteiger partial charge is 0.312 e. The Morgan fingerprint density at radius 1 is 1.32 bits per heavy atom. The molecule has 1 fully saturated rings. The molecule has 2 heterocycles. The van der Waals surface area contributed by atoms with Crippen LogP contribution in [0, 0.1) is 24.0 Å². The lowest BCUT2D eigenvalue weighted by atomic mass is 9.97. The van der Waals surface area contributed by atoms with Crippen LogP contribution < -0.4 is 0 Å². The van der Waals surface area contributed by atoms with Crippen molar-refractivity contribution in [3.63, 3.8) is 0 Å². The number of hydrogen-bond acceptors (Lipinski definition) is 4. The number of aromatic nitrogens is 2. The van der Waals surface area contributed by atoms with Gasteiger partial charge in [0, 0.05) is 18.5 Å². The molecule has 0 unspecified atom stereocenters. The van der Waals surface area contributed by atoms with E-state index in [0.717, 1.165) is 19.3 Å². The molecule has 1 amide bonds. The number of nitrogens with zero attached hydrogens (tertiary/aromatic N) is 4. The van der Waals surface area contributed by atoms with Crippen LogP contribution in [0.2, 0.25) is 0 Å². The predicted molar refractivity (Wildman–Crippen MR) is 82.6 cm³/mol. The maximum atomic E-state index is 12.5. The zero-order chi connectivity index (χ0) is 16.4. The second-order valence-electron chi connectivity index (χ2n) is 6.18. The van der Waals surface area contributed by atoms with Crippen molar-refractivity contribution in [3.8, 4) is 0 Å². The summed E-state index contributed by atoms with van der Waals surface area (Å²) in [5, 5.41) is 15.2. The minimum absolute atomic E-state index is 0.0483. The van der Waals surface area contributed by atoms with Crippen molar-refractivity contribution in [1.29, 1.82) is 0 Å². The number of rotatable bonds is 4. The summed E-state index contributed by atoms with van der Waals surface area (Å²) in [5.41, 5.74) is 0.955. The highest BCUT2D eigenvalue weighted by Crippen LogP contribution is 2.24. The zero-order valence-electron chi connectivity index (χ0n) is 13.7. The van der Waals surface area contributed by atoms with Crippen molar-refractivity contribution in [2.45, 2.75) is 72.0 Å². The highest BCUT2D eigenvalue weighted by Gasteiger charge is 2.29. The Morgan fingerprint density at radius 3 is 2.41 bits per heavy atom. The molecular weight excluding hydrogens is 284 g/mol. The van der Waals surface area contributed by atoms with Crippen molar-refractivity contribution in [1.82, 2.24) is 14.7 Å². The van der Waals surface area contributed by atoms with Gasteiger partial charge in [-0.05, 0) is 47.0 Å². The van der Waals surface area contributed by atoms with Crippen LogP contribution in [0.15, 0.2) is 0 Å². The number of hydrogen-bond donors (Lipinski definition) is 0. The van der Waals surface area contributed by atoms with Crippen LogP contribution in [0.5, 0.6) is 0 Å². The van der Waals surface area contributed by atoms with E-state index < -0.39 is 4.92 Å². The molecule has 22 heavy (non-hydrogen) atoms. The van der Waals surface area contributed by atoms with Crippen LogP contribution in [0.25, 0.3) is 0 Å². The average molecular weight is 308 g/mol. The Labute approximate surface area is 130 Å². The fourth-order valence-corrected chi connectivity index (χ4v) is 3.41. The third-order valence-corrected chi connectivity index (χ3v) is 4.54. The summed E-state index contributed by atoms with van der Waals surface area (Å²) in [6.45, 7) is 7.85. The van der Waals surface area contributed by atoms with Crippen LogP contribution in [-0.4, -0.2) is 37.6 Å². The van der Waals surface area contributed by atoms with Crippen molar-refractivity contribution < 1.29 is 9.72 Å². The highest BCUT2D eigenvalue weighted by atomic mass is 16.6. The van der Waals surface area contributed by atoms with E-state index in [9.17, 15) is 14.9 Å². The van der Waals surface area contributed by atoms with E-state index in [-0.39, 0.29) is 23.7 Å². The second kappa shape index (κ2) is 6.46. The molecule has 0 aromatic carbocycles. The van der Waals surface area contributed by atoms with E-state index in [0.29, 0.717) is 24.4 Å². The molecule has 0 bridgehead atoms. The van der Waals surface area contributed by atoms with E-state index in [2.05, 4.69) is 18.9 Å². The summed E-state index contributed by atoms with van der Waals surface area (Å²) in [5.74, 6) is 0.106. The Morgan fingerprint density at radius 2 is 1.91 bits per heavy atom. The predicted octanol–water partition coefficient (Wildman–Crippen LogP) is 2.59. The summed E-state index contributed by atoms with van der Waals surface area (Å²) in [7, 11) is 0. The lowest BCUT2D eigenvalue weighted by Crippen LogP contribution is -2.47. The van der Waals surface area contributed by atoms with Crippen LogP contribution in [-0.2, 0) is 11.3 Å². The monoisotopic (exact) mass is 308 g/mol.